The van der Waals surface area contributed by atoms with Crippen molar-refractivity contribution in [2.75, 3.05) is 11.9 Å². The molecule has 1 aliphatic carbocycles. The molecule has 19 heavy (non-hydrogen) atoms. The Balaban J connectivity index is 1.56. The van der Waals surface area contributed by atoms with Crippen LogP contribution in [0.3, 0.4) is 0 Å². The molecule has 0 unspecified atom stereocenters. The van der Waals surface area contributed by atoms with Crippen LogP contribution in [0.25, 0.3) is 10.6 Å². The lowest BCUT2D eigenvalue weighted by Gasteiger charge is -2.36. The van der Waals surface area contributed by atoms with Crippen molar-refractivity contribution in [3.05, 3.63) is 35.8 Å². The highest BCUT2D eigenvalue weighted by Gasteiger charge is 2.29. The maximum Gasteiger partial charge on any atom is 0.123 e. The summed E-state index contributed by atoms with van der Waals surface area (Å²) in [7, 11) is 0. The predicted octanol–water partition coefficient (Wildman–Crippen LogP) is 3.79. The zero-order valence-electron chi connectivity index (χ0n) is 11.0. The van der Waals surface area contributed by atoms with Crippen LogP contribution in [-0.2, 0) is 4.74 Å². The number of hydrogen-bond donors (Lipinski definition) is 1. The number of anilines is 1. The molecule has 0 aliphatic heterocycles. The topological polar surface area (TPSA) is 34.1 Å². The Morgan fingerprint density at radius 2 is 2.11 bits per heavy atom. The Kier molecular flexibility index (Phi) is 3.80. The van der Waals surface area contributed by atoms with E-state index in [4.69, 9.17) is 4.74 Å². The summed E-state index contributed by atoms with van der Waals surface area (Å²) in [6.45, 7) is 2.87. The Morgan fingerprint density at radius 3 is 2.74 bits per heavy atom. The van der Waals surface area contributed by atoms with Gasteiger partial charge in [-0.15, -0.1) is 11.3 Å². The molecular formula is C15H18N2OS. The zero-order chi connectivity index (χ0) is 13.1. The van der Waals surface area contributed by atoms with Crippen LogP contribution in [0.2, 0.25) is 0 Å². The van der Waals surface area contributed by atoms with E-state index in [1.165, 1.54) is 11.3 Å². The van der Waals surface area contributed by atoms with Crippen LogP contribution in [0.15, 0.2) is 35.8 Å². The average Bonchev–Trinajstić information content (AvgIpc) is 2.91. The SMILES string of the molecule is CCOC1CC(Nc2ccc(-c3nccs3)cc2)C1. The normalized spacial score (nSPS) is 21.9. The van der Waals surface area contributed by atoms with Crippen LogP contribution in [0.5, 0.6) is 0 Å². The van der Waals surface area contributed by atoms with Crippen molar-refractivity contribution in [3.8, 4) is 10.6 Å². The average molecular weight is 274 g/mol. The van der Waals surface area contributed by atoms with Gasteiger partial charge >= 0.3 is 0 Å². The second-order valence-corrected chi connectivity index (χ2v) is 5.70. The molecule has 1 heterocycles. The Hall–Kier alpha value is -1.39. The maximum atomic E-state index is 5.57. The summed E-state index contributed by atoms with van der Waals surface area (Å²) in [6, 6.07) is 9.07. The first-order chi connectivity index (χ1) is 9.35. The second kappa shape index (κ2) is 5.72. The smallest absolute Gasteiger partial charge is 0.123 e. The quantitative estimate of drug-likeness (QED) is 0.900. The monoisotopic (exact) mass is 274 g/mol. The van der Waals surface area contributed by atoms with Crippen molar-refractivity contribution < 1.29 is 4.74 Å². The first-order valence-electron chi connectivity index (χ1n) is 6.73. The third kappa shape index (κ3) is 2.96. The van der Waals surface area contributed by atoms with E-state index in [9.17, 15) is 0 Å². The molecule has 100 valence electrons. The van der Waals surface area contributed by atoms with E-state index in [0.717, 1.165) is 24.5 Å². The molecule has 0 amide bonds. The molecule has 0 saturated heterocycles. The number of hydrogen-bond acceptors (Lipinski definition) is 4. The molecule has 1 saturated carbocycles. The second-order valence-electron chi connectivity index (χ2n) is 4.80. The molecule has 0 spiro atoms. The highest BCUT2D eigenvalue weighted by Crippen LogP contribution is 2.28. The van der Waals surface area contributed by atoms with Gasteiger partial charge in [0.1, 0.15) is 5.01 Å². The van der Waals surface area contributed by atoms with Crippen molar-refractivity contribution in [1.82, 2.24) is 4.98 Å². The Morgan fingerprint density at radius 1 is 1.32 bits per heavy atom. The molecule has 3 rings (SSSR count). The van der Waals surface area contributed by atoms with Gasteiger partial charge in [0.05, 0.1) is 6.10 Å². The lowest BCUT2D eigenvalue weighted by Crippen LogP contribution is -2.40. The summed E-state index contributed by atoms with van der Waals surface area (Å²) in [6.07, 6.45) is 4.52. The van der Waals surface area contributed by atoms with E-state index >= 15 is 0 Å². The summed E-state index contributed by atoms with van der Waals surface area (Å²) in [4.78, 5) is 4.32. The van der Waals surface area contributed by atoms with Gasteiger partial charge in [-0.25, -0.2) is 4.98 Å². The number of thiazole rings is 1. The number of nitrogens with zero attached hydrogens (tertiary/aromatic N) is 1. The minimum absolute atomic E-state index is 0.456. The van der Waals surface area contributed by atoms with E-state index in [0.29, 0.717) is 12.1 Å². The molecule has 0 atom stereocenters. The minimum atomic E-state index is 0.456. The zero-order valence-corrected chi connectivity index (χ0v) is 11.8. The Labute approximate surface area is 117 Å². The molecular weight excluding hydrogens is 256 g/mol. The lowest BCUT2D eigenvalue weighted by molar-refractivity contribution is 0.00299. The molecule has 1 aliphatic rings. The van der Waals surface area contributed by atoms with Crippen LogP contribution >= 0.6 is 11.3 Å². The van der Waals surface area contributed by atoms with Gasteiger partial charge in [-0.05, 0) is 44.0 Å². The predicted molar refractivity (Wildman–Crippen MR) is 79.6 cm³/mol. The summed E-state index contributed by atoms with van der Waals surface area (Å²) in [5.41, 5.74) is 2.36. The van der Waals surface area contributed by atoms with Crippen LogP contribution < -0.4 is 5.32 Å². The summed E-state index contributed by atoms with van der Waals surface area (Å²) in [5.74, 6) is 0. The number of nitrogens with one attached hydrogen (secondary N) is 1. The molecule has 1 fully saturated rings. The molecule has 2 aromatic rings. The van der Waals surface area contributed by atoms with Gasteiger partial charge < -0.3 is 10.1 Å². The van der Waals surface area contributed by atoms with Crippen LogP contribution in [0, 0.1) is 0 Å². The van der Waals surface area contributed by atoms with Gasteiger partial charge in [-0.1, -0.05) is 0 Å². The fraction of sp³-hybridized carbons (Fsp3) is 0.400. The first-order valence-corrected chi connectivity index (χ1v) is 7.61. The third-order valence-corrected chi connectivity index (χ3v) is 4.25. The molecule has 0 bridgehead atoms. The van der Waals surface area contributed by atoms with Crippen LogP contribution in [-0.4, -0.2) is 23.7 Å². The Bertz CT molecular complexity index is 503. The van der Waals surface area contributed by atoms with Gasteiger partial charge in [0.15, 0.2) is 0 Å². The highest BCUT2D eigenvalue weighted by atomic mass is 32.1. The fourth-order valence-electron chi connectivity index (χ4n) is 2.37. The van der Waals surface area contributed by atoms with Gasteiger partial charge in [0.25, 0.3) is 0 Å². The molecule has 0 radical (unpaired) electrons. The van der Waals surface area contributed by atoms with Gasteiger partial charge in [-0.3, -0.25) is 0 Å². The molecule has 4 heteroatoms. The molecule has 3 nitrogen and oxygen atoms in total. The number of rotatable bonds is 5. The van der Waals surface area contributed by atoms with Crippen molar-refractivity contribution in [2.45, 2.75) is 31.9 Å². The first kappa shape index (κ1) is 12.6. The maximum absolute atomic E-state index is 5.57. The molecule has 1 aromatic carbocycles. The van der Waals surface area contributed by atoms with Crippen molar-refractivity contribution in [2.24, 2.45) is 0 Å². The van der Waals surface area contributed by atoms with E-state index in [2.05, 4.69) is 41.5 Å². The summed E-state index contributed by atoms with van der Waals surface area (Å²) >= 11 is 1.67. The van der Waals surface area contributed by atoms with E-state index in [-0.39, 0.29) is 0 Å². The van der Waals surface area contributed by atoms with E-state index < -0.39 is 0 Å². The number of aromatic nitrogens is 1. The standard InChI is InChI=1S/C15H18N2OS/c1-2-18-14-9-13(10-14)17-12-5-3-11(4-6-12)15-16-7-8-19-15/h3-8,13-14,17H,2,9-10H2,1H3. The third-order valence-electron chi connectivity index (χ3n) is 3.43. The van der Waals surface area contributed by atoms with Crippen molar-refractivity contribution in [1.29, 1.82) is 0 Å². The van der Waals surface area contributed by atoms with Crippen molar-refractivity contribution in [3.63, 3.8) is 0 Å². The van der Waals surface area contributed by atoms with Gasteiger partial charge in [0, 0.05) is 35.5 Å². The highest BCUT2D eigenvalue weighted by molar-refractivity contribution is 7.13. The fourth-order valence-corrected chi connectivity index (χ4v) is 3.01. The molecule has 1 aromatic heterocycles. The summed E-state index contributed by atoms with van der Waals surface area (Å²) in [5, 5.41) is 6.62. The lowest BCUT2D eigenvalue weighted by atomic mass is 9.89. The molecule has 1 N–H and O–H groups in total. The van der Waals surface area contributed by atoms with Crippen molar-refractivity contribution >= 4 is 17.0 Å². The number of benzene rings is 1. The minimum Gasteiger partial charge on any atom is -0.382 e. The van der Waals surface area contributed by atoms with E-state index in [1.54, 1.807) is 11.3 Å². The summed E-state index contributed by atoms with van der Waals surface area (Å²) < 4.78 is 5.57. The van der Waals surface area contributed by atoms with Crippen LogP contribution in [0.1, 0.15) is 19.8 Å². The van der Waals surface area contributed by atoms with Crippen LogP contribution in [0.4, 0.5) is 5.69 Å². The number of ether oxygens (including phenoxy) is 1. The largest absolute Gasteiger partial charge is 0.382 e. The van der Waals surface area contributed by atoms with Gasteiger partial charge in [-0.2, -0.15) is 0 Å². The van der Waals surface area contributed by atoms with Gasteiger partial charge in [0.2, 0.25) is 0 Å². The van der Waals surface area contributed by atoms with E-state index in [1.807, 2.05) is 11.6 Å².